The second-order valence-corrected chi connectivity index (χ2v) is 6.62. The van der Waals surface area contributed by atoms with Gasteiger partial charge in [-0.3, -0.25) is 4.79 Å². The topological polar surface area (TPSA) is 41.1 Å². The highest BCUT2D eigenvalue weighted by atomic mass is 32.1. The van der Waals surface area contributed by atoms with Crippen LogP contribution in [0.25, 0.3) is 0 Å². The van der Waals surface area contributed by atoms with E-state index in [0.717, 1.165) is 44.8 Å². The van der Waals surface area contributed by atoms with Crippen molar-refractivity contribution in [2.24, 2.45) is 0 Å². The van der Waals surface area contributed by atoms with E-state index in [1.54, 1.807) is 11.3 Å². The summed E-state index contributed by atoms with van der Waals surface area (Å²) in [6.07, 6.45) is 7.00. The molecule has 3 nitrogen and oxygen atoms in total. The predicted molar refractivity (Wildman–Crippen MR) is 78.6 cm³/mol. The Morgan fingerprint density at radius 1 is 1.32 bits per heavy atom. The van der Waals surface area contributed by atoms with Crippen molar-refractivity contribution >= 4 is 17.2 Å². The lowest BCUT2D eigenvalue weighted by atomic mass is 9.87. The summed E-state index contributed by atoms with van der Waals surface area (Å²) in [7, 11) is 0. The summed E-state index contributed by atoms with van der Waals surface area (Å²) in [5.74, 6) is 0.331. The van der Waals surface area contributed by atoms with Gasteiger partial charge < -0.3 is 10.6 Å². The maximum Gasteiger partial charge on any atom is 0.227 e. The average molecular weight is 278 g/mol. The van der Waals surface area contributed by atoms with Crippen LogP contribution < -0.4 is 10.6 Å². The highest BCUT2D eigenvalue weighted by molar-refractivity contribution is 7.10. The fraction of sp³-hybridized carbons (Fsp3) is 0.667. The van der Waals surface area contributed by atoms with Crippen molar-refractivity contribution in [2.45, 2.75) is 50.5 Å². The minimum atomic E-state index is 0.103. The van der Waals surface area contributed by atoms with Crippen molar-refractivity contribution in [2.75, 3.05) is 13.1 Å². The number of thiophene rings is 1. The Bertz CT molecular complexity index is 439. The van der Waals surface area contributed by atoms with Crippen molar-refractivity contribution in [1.82, 2.24) is 10.6 Å². The predicted octanol–water partition coefficient (Wildman–Crippen LogP) is 2.43. The van der Waals surface area contributed by atoms with Gasteiger partial charge in [0, 0.05) is 17.5 Å². The van der Waals surface area contributed by atoms with Gasteiger partial charge in [-0.25, -0.2) is 0 Å². The third-order valence-corrected chi connectivity index (χ3v) is 5.03. The van der Waals surface area contributed by atoms with Gasteiger partial charge in [-0.15, -0.1) is 11.3 Å². The maximum absolute atomic E-state index is 12.2. The Hall–Kier alpha value is -0.870. The molecule has 1 fully saturated rings. The Balaban J connectivity index is 1.43. The molecule has 1 aromatic heterocycles. The summed E-state index contributed by atoms with van der Waals surface area (Å²) in [6.45, 7) is 1.83. The number of carbonyl (C=O) groups is 1. The molecule has 2 N–H and O–H groups in total. The summed E-state index contributed by atoms with van der Waals surface area (Å²) < 4.78 is 0. The van der Waals surface area contributed by atoms with Gasteiger partial charge in [0.15, 0.2) is 0 Å². The van der Waals surface area contributed by atoms with E-state index in [0.29, 0.717) is 0 Å². The molecule has 1 heterocycles. The number of fused-ring (bicyclic) bond motifs is 1. The number of hydrogen-bond donors (Lipinski definition) is 2. The standard InChI is InChI=1S/C15H22N2OS/c18-15(17-9-2-8-16-11-5-6-11)13-3-1-4-14-12(13)7-10-19-14/h7,10-11,13,16H,1-6,8-9H2,(H,17,18). The fourth-order valence-corrected chi connectivity index (χ4v) is 3.76. The number of amides is 1. The molecule has 0 bridgehead atoms. The molecule has 3 rings (SSSR count). The van der Waals surface area contributed by atoms with Crippen LogP contribution in [0.2, 0.25) is 0 Å². The van der Waals surface area contributed by atoms with Crippen LogP contribution in [0.15, 0.2) is 11.4 Å². The molecule has 0 spiro atoms. The van der Waals surface area contributed by atoms with Gasteiger partial charge in [-0.05, 0) is 62.1 Å². The summed E-state index contributed by atoms with van der Waals surface area (Å²) in [5, 5.41) is 8.70. The number of carbonyl (C=O) groups excluding carboxylic acids is 1. The van der Waals surface area contributed by atoms with Crippen LogP contribution in [-0.4, -0.2) is 25.0 Å². The first-order valence-corrected chi connectivity index (χ1v) is 8.30. The number of rotatable bonds is 6. The maximum atomic E-state index is 12.2. The molecule has 1 saturated carbocycles. The minimum Gasteiger partial charge on any atom is -0.356 e. The van der Waals surface area contributed by atoms with Gasteiger partial charge in [-0.2, -0.15) is 0 Å². The zero-order chi connectivity index (χ0) is 13.1. The van der Waals surface area contributed by atoms with Crippen molar-refractivity contribution in [3.05, 3.63) is 21.9 Å². The molecule has 0 aliphatic heterocycles. The lowest BCUT2D eigenvalue weighted by Gasteiger charge is -2.21. The molecule has 1 unspecified atom stereocenters. The van der Waals surface area contributed by atoms with Crippen molar-refractivity contribution in [3.8, 4) is 0 Å². The molecular weight excluding hydrogens is 256 g/mol. The van der Waals surface area contributed by atoms with E-state index in [1.165, 1.54) is 23.3 Å². The van der Waals surface area contributed by atoms with Gasteiger partial charge in [-0.1, -0.05) is 0 Å². The molecule has 0 saturated heterocycles. The first-order valence-electron chi connectivity index (χ1n) is 7.42. The van der Waals surface area contributed by atoms with E-state index in [9.17, 15) is 4.79 Å². The summed E-state index contributed by atoms with van der Waals surface area (Å²) in [4.78, 5) is 13.7. The van der Waals surface area contributed by atoms with E-state index >= 15 is 0 Å². The highest BCUT2D eigenvalue weighted by Gasteiger charge is 2.26. The molecule has 1 atom stereocenters. The second-order valence-electron chi connectivity index (χ2n) is 5.62. The Morgan fingerprint density at radius 3 is 3.05 bits per heavy atom. The van der Waals surface area contributed by atoms with Crippen molar-refractivity contribution in [1.29, 1.82) is 0 Å². The van der Waals surface area contributed by atoms with E-state index in [1.807, 2.05) is 0 Å². The minimum absolute atomic E-state index is 0.103. The molecule has 1 aromatic rings. The molecule has 2 aliphatic carbocycles. The lowest BCUT2D eigenvalue weighted by molar-refractivity contribution is -0.122. The Kier molecular flexibility index (Phi) is 4.18. The quantitative estimate of drug-likeness (QED) is 0.785. The zero-order valence-corrected chi connectivity index (χ0v) is 12.1. The van der Waals surface area contributed by atoms with E-state index in [4.69, 9.17) is 0 Å². The zero-order valence-electron chi connectivity index (χ0n) is 11.3. The highest BCUT2D eigenvalue weighted by Crippen LogP contribution is 2.34. The van der Waals surface area contributed by atoms with Gasteiger partial charge in [0.05, 0.1) is 5.92 Å². The fourth-order valence-electron chi connectivity index (χ4n) is 2.78. The van der Waals surface area contributed by atoms with E-state index < -0.39 is 0 Å². The summed E-state index contributed by atoms with van der Waals surface area (Å²) in [6, 6.07) is 2.90. The third kappa shape index (κ3) is 3.37. The first kappa shape index (κ1) is 13.1. The van der Waals surface area contributed by atoms with Gasteiger partial charge in [0.25, 0.3) is 0 Å². The lowest BCUT2D eigenvalue weighted by Crippen LogP contribution is -2.33. The SMILES string of the molecule is O=C(NCCCNC1CC1)C1CCCc2sccc21. The molecular formula is C15H22N2OS. The largest absolute Gasteiger partial charge is 0.356 e. The average Bonchev–Trinajstić information content (AvgIpc) is 3.12. The number of nitrogens with one attached hydrogen (secondary N) is 2. The molecule has 19 heavy (non-hydrogen) atoms. The molecule has 4 heteroatoms. The van der Waals surface area contributed by atoms with Crippen LogP contribution in [0.1, 0.15) is 48.5 Å². The number of hydrogen-bond acceptors (Lipinski definition) is 3. The molecule has 1 amide bonds. The van der Waals surface area contributed by atoms with Crippen LogP contribution in [0.5, 0.6) is 0 Å². The Morgan fingerprint density at radius 2 is 2.21 bits per heavy atom. The van der Waals surface area contributed by atoms with Crippen LogP contribution in [0, 0.1) is 0 Å². The molecule has 0 radical (unpaired) electrons. The number of aryl methyl sites for hydroxylation is 1. The van der Waals surface area contributed by atoms with Crippen LogP contribution in [0.3, 0.4) is 0 Å². The van der Waals surface area contributed by atoms with Gasteiger partial charge in [0.2, 0.25) is 5.91 Å². The van der Waals surface area contributed by atoms with Gasteiger partial charge >= 0.3 is 0 Å². The summed E-state index contributed by atoms with van der Waals surface area (Å²) in [5.41, 5.74) is 1.28. The second kappa shape index (κ2) is 6.06. The summed E-state index contributed by atoms with van der Waals surface area (Å²) >= 11 is 1.80. The third-order valence-electron chi connectivity index (χ3n) is 4.03. The smallest absolute Gasteiger partial charge is 0.227 e. The van der Waals surface area contributed by atoms with Crippen molar-refractivity contribution in [3.63, 3.8) is 0 Å². The normalized spacial score (nSPS) is 22.0. The molecule has 104 valence electrons. The van der Waals surface area contributed by atoms with Crippen molar-refractivity contribution < 1.29 is 4.79 Å². The van der Waals surface area contributed by atoms with E-state index in [-0.39, 0.29) is 11.8 Å². The van der Waals surface area contributed by atoms with E-state index in [2.05, 4.69) is 22.1 Å². The van der Waals surface area contributed by atoms with Crippen LogP contribution in [-0.2, 0) is 11.2 Å². The van der Waals surface area contributed by atoms with Crippen LogP contribution in [0.4, 0.5) is 0 Å². The molecule has 2 aliphatic rings. The Labute approximate surface area is 118 Å². The molecule has 0 aromatic carbocycles. The van der Waals surface area contributed by atoms with Gasteiger partial charge in [0.1, 0.15) is 0 Å². The van der Waals surface area contributed by atoms with Crippen LogP contribution >= 0.6 is 11.3 Å². The first-order chi connectivity index (χ1) is 9.34. The monoisotopic (exact) mass is 278 g/mol.